The van der Waals surface area contributed by atoms with E-state index >= 15 is 0 Å². The van der Waals surface area contributed by atoms with Gasteiger partial charge in [-0.15, -0.1) is 0 Å². The smallest absolute Gasteiger partial charge is 0.0845 e. The third kappa shape index (κ3) is 1.25. The zero-order chi connectivity index (χ0) is 5.82. The van der Waals surface area contributed by atoms with E-state index in [1.807, 2.05) is 13.2 Å². The van der Waals surface area contributed by atoms with Gasteiger partial charge in [-0.3, -0.25) is 0 Å². The van der Waals surface area contributed by atoms with Gasteiger partial charge in [0.25, 0.3) is 0 Å². The molecule has 0 unspecified atom stereocenters. The van der Waals surface area contributed by atoms with Crippen molar-refractivity contribution in [2.24, 2.45) is 0 Å². The lowest BCUT2D eigenvalue weighted by Gasteiger charge is -2.14. The second-order valence-electron chi connectivity index (χ2n) is 2.08. The number of hydrogen-bond donors (Lipinski definition) is 0. The Morgan fingerprint density at radius 3 is 2.75 bits per heavy atom. The summed E-state index contributed by atoms with van der Waals surface area (Å²) in [5.41, 5.74) is 1.48. The molecule has 8 heavy (non-hydrogen) atoms. The highest BCUT2D eigenvalue weighted by molar-refractivity contribution is 5.05. The Morgan fingerprint density at radius 2 is 2.38 bits per heavy atom. The molecule has 1 rings (SSSR count). The van der Waals surface area contributed by atoms with Gasteiger partial charge in [0.15, 0.2) is 0 Å². The average molecular weight is 112 g/mol. The summed E-state index contributed by atoms with van der Waals surface area (Å²) in [6.07, 6.45) is 5.79. The van der Waals surface area contributed by atoms with Gasteiger partial charge < -0.3 is 4.74 Å². The van der Waals surface area contributed by atoms with E-state index in [2.05, 4.69) is 0 Å². The first-order valence-corrected chi connectivity index (χ1v) is 3.23. The fourth-order valence-corrected chi connectivity index (χ4v) is 0.700. The van der Waals surface area contributed by atoms with Gasteiger partial charge in [0.2, 0.25) is 0 Å². The van der Waals surface area contributed by atoms with Crippen LogP contribution in [0.25, 0.3) is 0 Å². The molecule has 46 valence electrons. The molecule has 0 N–H and O–H groups in total. The van der Waals surface area contributed by atoms with Crippen LogP contribution in [0.3, 0.4) is 0 Å². The molecule has 0 spiro atoms. The maximum Gasteiger partial charge on any atom is 0.0845 e. The fraction of sp³-hybridized carbons (Fsp3) is 0.714. The largest absolute Gasteiger partial charge is 0.502 e. The summed E-state index contributed by atoms with van der Waals surface area (Å²) in [7, 11) is 0. The predicted molar refractivity (Wildman–Crippen MR) is 33.6 cm³/mol. The standard InChI is InChI=1S/C7H12O/c1-2-8-6-7-4-3-5-7/h6H,2-5H2,1H3. The zero-order valence-electron chi connectivity index (χ0n) is 5.31. The highest BCUT2D eigenvalue weighted by atomic mass is 16.5. The number of hydrogen-bond acceptors (Lipinski definition) is 1. The molecule has 0 saturated heterocycles. The topological polar surface area (TPSA) is 9.23 Å². The van der Waals surface area contributed by atoms with E-state index in [9.17, 15) is 0 Å². The third-order valence-electron chi connectivity index (χ3n) is 1.41. The molecule has 0 bridgehead atoms. The first-order valence-electron chi connectivity index (χ1n) is 3.23. The molecule has 0 aromatic carbocycles. The molecule has 1 fully saturated rings. The van der Waals surface area contributed by atoms with Gasteiger partial charge in [0.05, 0.1) is 12.9 Å². The van der Waals surface area contributed by atoms with Crippen molar-refractivity contribution in [3.05, 3.63) is 11.8 Å². The van der Waals surface area contributed by atoms with Gasteiger partial charge in [0.1, 0.15) is 0 Å². The zero-order valence-corrected chi connectivity index (χ0v) is 5.31. The monoisotopic (exact) mass is 112 g/mol. The van der Waals surface area contributed by atoms with Gasteiger partial charge >= 0.3 is 0 Å². The number of rotatable bonds is 2. The molecule has 0 radical (unpaired) electrons. The van der Waals surface area contributed by atoms with Crippen molar-refractivity contribution in [2.45, 2.75) is 26.2 Å². The van der Waals surface area contributed by atoms with Crippen molar-refractivity contribution in [2.75, 3.05) is 6.61 Å². The van der Waals surface area contributed by atoms with Crippen LogP contribution in [0.1, 0.15) is 26.2 Å². The van der Waals surface area contributed by atoms with Crippen LogP contribution in [0.2, 0.25) is 0 Å². The van der Waals surface area contributed by atoms with Crippen molar-refractivity contribution in [1.82, 2.24) is 0 Å². The van der Waals surface area contributed by atoms with Gasteiger partial charge in [-0.1, -0.05) is 0 Å². The van der Waals surface area contributed by atoms with E-state index in [1.165, 1.54) is 24.8 Å². The molecule has 0 aromatic heterocycles. The highest BCUT2D eigenvalue weighted by Crippen LogP contribution is 2.24. The molecule has 1 saturated carbocycles. The van der Waals surface area contributed by atoms with Crippen molar-refractivity contribution in [3.63, 3.8) is 0 Å². The van der Waals surface area contributed by atoms with Crippen LogP contribution < -0.4 is 0 Å². The summed E-state index contributed by atoms with van der Waals surface area (Å²) in [6, 6.07) is 0. The van der Waals surface area contributed by atoms with E-state index in [1.54, 1.807) is 0 Å². The van der Waals surface area contributed by atoms with Crippen molar-refractivity contribution < 1.29 is 4.74 Å². The molecule has 0 atom stereocenters. The van der Waals surface area contributed by atoms with Crippen LogP contribution in [-0.2, 0) is 4.74 Å². The van der Waals surface area contributed by atoms with Gasteiger partial charge in [-0.05, 0) is 31.8 Å². The number of ether oxygens (including phenoxy) is 1. The Hall–Kier alpha value is -0.460. The van der Waals surface area contributed by atoms with E-state index in [-0.39, 0.29) is 0 Å². The van der Waals surface area contributed by atoms with Crippen molar-refractivity contribution >= 4 is 0 Å². The first-order chi connectivity index (χ1) is 3.93. The summed E-state index contributed by atoms with van der Waals surface area (Å²) < 4.78 is 5.08. The Bertz CT molecular complexity index is 88.6. The molecular weight excluding hydrogens is 100 g/mol. The lowest BCUT2D eigenvalue weighted by atomic mass is 9.94. The maximum absolute atomic E-state index is 5.08. The summed E-state index contributed by atoms with van der Waals surface area (Å²) in [5.74, 6) is 0. The SMILES string of the molecule is CCOC=C1CCC1. The number of allylic oxidation sites excluding steroid dienone is 1. The van der Waals surface area contributed by atoms with Crippen LogP contribution in [0.4, 0.5) is 0 Å². The molecule has 1 aliphatic carbocycles. The fourth-order valence-electron chi connectivity index (χ4n) is 0.700. The van der Waals surface area contributed by atoms with E-state index in [0.29, 0.717) is 0 Å². The van der Waals surface area contributed by atoms with E-state index in [0.717, 1.165) is 6.61 Å². The molecule has 1 aliphatic rings. The van der Waals surface area contributed by atoms with Gasteiger partial charge in [-0.2, -0.15) is 0 Å². The second-order valence-corrected chi connectivity index (χ2v) is 2.08. The Labute approximate surface area is 50.3 Å². The van der Waals surface area contributed by atoms with E-state index in [4.69, 9.17) is 4.74 Å². The Morgan fingerprint density at radius 1 is 1.62 bits per heavy atom. The molecule has 1 nitrogen and oxygen atoms in total. The molecule has 0 aromatic rings. The quantitative estimate of drug-likeness (QED) is 0.497. The van der Waals surface area contributed by atoms with E-state index < -0.39 is 0 Å². The normalized spacial score (nSPS) is 17.4. The van der Waals surface area contributed by atoms with Crippen molar-refractivity contribution in [1.29, 1.82) is 0 Å². The summed E-state index contributed by atoms with van der Waals surface area (Å²) in [5, 5.41) is 0. The second kappa shape index (κ2) is 2.75. The Kier molecular flexibility index (Phi) is 1.95. The van der Waals surface area contributed by atoms with Gasteiger partial charge in [-0.25, -0.2) is 0 Å². The molecule has 0 aliphatic heterocycles. The lowest BCUT2D eigenvalue weighted by Crippen LogP contribution is -1.97. The maximum atomic E-state index is 5.08. The minimum Gasteiger partial charge on any atom is -0.502 e. The van der Waals surface area contributed by atoms with Crippen LogP contribution in [0, 0.1) is 0 Å². The Balaban J connectivity index is 2.11. The summed E-state index contributed by atoms with van der Waals surface area (Å²) in [6.45, 7) is 2.82. The summed E-state index contributed by atoms with van der Waals surface area (Å²) in [4.78, 5) is 0. The third-order valence-corrected chi connectivity index (χ3v) is 1.41. The van der Waals surface area contributed by atoms with Crippen molar-refractivity contribution in [3.8, 4) is 0 Å². The van der Waals surface area contributed by atoms with Crippen LogP contribution >= 0.6 is 0 Å². The minimum absolute atomic E-state index is 0.809. The summed E-state index contributed by atoms with van der Waals surface area (Å²) >= 11 is 0. The lowest BCUT2D eigenvalue weighted by molar-refractivity contribution is 0.260. The predicted octanol–water partition coefficient (Wildman–Crippen LogP) is 2.09. The van der Waals surface area contributed by atoms with Gasteiger partial charge in [0, 0.05) is 0 Å². The van der Waals surface area contributed by atoms with Crippen LogP contribution in [0.5, 0.6) is 0 Å². The first kappa shape index (κ1) is 5.67. The highest BCUT2D eigenvalue weighted by Gasteiger charge is 2.06. The van der Waals surface area contributed by atoms with Crippen LogP contribution in [0.15, 0.2) is 11.8 Å². The minimum atomic E-state index is 0.809. The molecular formula is C7H12O. The van der Waals surface area contributed by atoms with Crippen LogP contribution in [-0.4, -0.2) is 6.61 Å². The molecule has 0 heterocycles. The molecule has 1 heteroatoms. The molecule has 0 amide bonds. The average Bonchev–Trinajstić information content (AvgIpc) is 1.63.